The van der Waals surface area contributed by atoms with Crippen LogP contribution in [0.2, 0.25) is 0 Å². The van der Waals surface area contributed by atoms with E-state index in [0.29, 0.717) is 19.0 Å². The first-order valence-corrected chi connectivity index (χ1v) is 8.13. The third-order valence-electron chi connectivity index (χ3n) is 4.80. The van der Waals surface area contributed by atoms with E-state index in [1.54, 1.807) is 4.90 Å². The molecular weight excluding hydrogens is 311 g/mol. The van der Waals surface area contributed by atoms with Crippen LogP contribution in [-0.2, 0) is 9.59 Å². The van der Waals surface area contributed by atoms with Gasteiger partial charge in [0.15, 0.2) is 0 Å². The zero-order valence-corrected chi connectivity index (χ0v) is 13.3. The number of likely N-dealkylation sites (tertiary alicyclic amines) is 1. The van der Waals surface area contributed by atoms with Crippen LogP contribution in [0.25, 0.3) is 0 Å². The lowest BCUT2D eigenvalue weighted by Crippen LogP contribution is -2.55. The van der Waals surface area contributed by atoms with Gasteiger partial charge in [0.05, 0.1) is 0 Å². The minimum Gasteiger partial charge on any atom is -0.344 e. The van der Waals surface area contributed by atoms with Crippen molar-refractivity contribution in [3.8, 4) is 0 Å². The predicted molar refractivity (Wildman–Crippen MR) is 78.6 cm³/mol. The summed E-state index contributed by atoms with van der Waals surface area (Å²) in [6.07, 6.45) is -1.90. The molecule has 0 radical (unpaired) electrons. The first kappa shape index (κ1) is 18.0. The summed E-state index contributed by atoms with van der Waals surface area (Å²) in [7, 11) is 1.90. The molecule has 0 aromatic carbocycles. The number of alkyl halides is 3. The van der Waals surface area contributed by atoms with E-state index in [1.807, 2.05) is 12.4 Å². The fourth-order valence-corrected chi connectivity index (χ4v) is 3.30. The molecule has 2 saturated heterocycles. The lowest BCUT2D eigenvalue weighted by Gasteiger charge is -2.36. The van der Waals surface area contributed by atoms with Crippen LogP contribution < -0.4 is 10.6 Å². The molecule has 23 heavy (non-hydrogen) atoms. The maximum Gasteiger partial charge on any atom is 0.408 e. The van der Waals surface area contributed by atoms with E-state index in [9.17, 15) is 22.8 Å². The highest BCUT2D eigenvalue weighted by Gasteiger charge is 2.46. The molecule has 0 aliphatic carbocycles. The standard InChI is InChI=1S/C15H24F3N3O2/c1-19-7-4-10-5-8-21(9-6-10)14(23)11-2-3-12(15(16,17)18)20-13(11)22/h10-12,19H,2-9H2,1H3,(H,20,22). The smallest absolute Gasteiger partial charge is 0.344 e. The Labute approximate surface area is 134 Å². The number of rotatable bonds is 4. The van der Waals surface area contributed by atoms with E-state index < -0.39 is 24.0 Å². The molecule has 2 amide bonds. The molecule has 132 valence electrons. The van der Waals surface area contributed by atoms with Crippen molar-refractivity contribution >= 4 is 11.8 Å². The van der Waals surface area contributed by atoms with Gasteiger partial charge in [0.25, 0.3) is 0 Å². The Balaban J connectivity index is 1.84. The molecule has 2 rings (SSSR count). The predicted octanol–water partition coefficient (Wildman–Crippen LogP) is 1.29. The van der Waals surface area contributed by atoms with E-state index in [2.05, 4.69) is 5.32 Å². The van der Waals surface area contributed by atoms with Gasteiger partial charge in [0, 0.05) is 13.1 Å². The SMILES string of the molecule is CNCCC1CCN(C(=O)C2CCC(C(F)(F)F)NC2=O)CC1. The lowest BCUT2D eigenvalue weighted by molar-refractivity contribution is -0.172. The third-order valence-corrected chi connectivity index (χ3v) is 4.80. The van der Waals surface area contributed by atoms with E-state index in [-0.39, 0.29) is 18.7 Å². The minimum atomic E-state index is -4.45. The second kappa shape index (κ2) is 7.51. The second-order valence-electron chi connectivity index (χ2n) is 6.39. The number of hydrogen-bond acceptors (Lipinski definition) is 3. The molecule has 0 bridgehead atoms. The van der Waals surface area contributed by atoms with Crippen LogP contribution in [0.3, 0.4) is 0 Å². The van der Waals surface area contributed by atoms with E-state index in [0.717, 1.165) is 25.8 Å². The van der Waals surface area contributed by atoms with Crippen LogP contribution in [0.1, 0.15) is 32.1 Å². The molecule has 2 atom stereocenters. The van der Waals surface area contributed by atoms with Gasteiger partial charge in [-0.15, -0.1) is 0 Å². The maximum atomic E-state index is 12.6. The van der Waals surface area contributed by atoms with Crippen LogP contribution in [0, 0.1) is 11.8 Å². The number of amides is 2. The monoisotopic (exact) mass is 335 g/mol. The molecule has 5 nitrogen and oxygen atoms in total. The highest BCUT2D eigenvalue weighted by molar-refractivity contribution is 6.00. The van der Waals surface area contributed by atoms with E-state index in [1.165, 1.54) is 0 Å². The molecule has 2 aliphatic rings. The zero-order chi connectivity index (χ0) is 17.0. The Hall–Kier alpha value is -1.31. The summed E-state index contributed by atoms with van der Waals surface area (Å²) in [6, 6.07) is -1.83. The first-order valence-electron chi connectivity index (χ1n) is 8.13. The topological polar surface area (TPSA) is 61.4 Å². The number of piperidine rings is 2. The molecule has 0 spiro atoms. The van der Waals surface area contributed by atoms with Crippen LogP contribution in [-0.4, -0.2) is 55.6 Å². The highest BCUT2D eigenvalue weighted by atomic mass is 19.4. The van der Waals surface area contributed by atoms with Gasteiger partial charge >= 0.3 is 6.18 Å². The molecule has 2 aliphatic heterocycles. The number of nitrogens with one attached hydrogen (secondary N) is 2. The van der Waals surface area contributed by atoms with Crippen molar-refractivity contribution < 1.29 is 22.8 Å². The van der Waals surface area contributed by atoms with Crippen molar-refractivity contribution in [2.45, 2.75) is 44.3 Å². The van der Waals surface area contributed by atoms with Crippen molar-refractivity contribution in [1.29, 1.82) is 0 Å². The van der Waals surface area contributed by atoms with Gasteiger partial charge in [-0.05, 0) is 51.6 Å². The summed E-state index contributed by atoms with van der Waals surface area (Å²) >= 11 is 0. The third kappa shape index (κ3) is 4.59. The number of halogens is 3. The van der Waals surface area contributed by atoms with E-state index >= 15 is 0 Å². The first-order chi connectivity index (χ1) is 10.8. The van der Waals surface area contributed by atoms with Gasteiger partial charge in [0.2, 0.25) is 11.8 Å². The number of carbonyl (C=O) groups excluding carboxylic acids is 2. The Morgan fingerprint density at radius 3 is 2.43 bits per heavy atom. The van der Waals surface area contributed by atoms with Crippen molar-refractivity contribution in [2.24, 2.45) is 11.8 Å². The van der Waals surface area contributed by atoms with Gasteiger partial charge in [-0.25, -0.2) is 0 Å². The molecule has 2 unspecified atom stereocenters. The van der Waals surface area contributed by atoms with Gasteiger partial charge in [-0.3, -0.25) is 9.59 Å². The molecule has 8 heteroatoms. The molecule has 2 heterocycles. The average Bonchev–Trinajstić information content (AvgIpc) is 2.52. The summed E-state index contributed by atoms with van der Waals surface area (Å²) in [5.74, 6) is -1.53. The van der Waals surface area contributed by atoms with E-state index in [4.69, 9.17) is 0 Å². The molecule has 2 fully saturated rings. The average molecular weight is 335 g/mol. The summed E-state index contributed by atoms with van der Waals surface area (Å²) in [6.45, 7) is 2.10. The molecule has 0 saturated carbocycles. The zero-order valence-electron chi connectivity index (χ0n) is 13.3. The Morgan fingerprint density at radius 2 is 1.91 bits per heavy atom. The number of nitrogens with zero attached hydrogens (tertiary/aromatic N) is 1. The quantitative estimate of drug-likeness (QED) is 0.761. The summed E-state index contributed by atoms with van der Waals surface area (Å²) in [4.78, 5) is 25.9. The molecule has 2 N–H and O–H groups in total. The lowest BCUT2D eigenvalue weighted by atomic mass is 9.89. The molecule has 0 aromatic heterocycles. The van der Waals surface area contributed by atoms with Crippen LogP contribution >= 0.6 is 0 Å². The van der Waals surface area contributed by atoms with Crippen molar-refractivity contribution in [2.75, 3.05) is 26.7 Å². The summed E-state index contributed by atoms with van der Waals surface area (Å²) in [5, 5.41) is 5.04. The van der Waals surface area contributed by atoms with Crippen LogP contribution in [0.4, 0.5) is 13.2 Å². The Kier molecular flexibility index (Phi) is 5.89. The molecule has 0 aromatic rings. The largest absolute Gasteiger partial charge is 0.408 e. The van der Waals surface area contributed by atoms with Gasteiger partial charge in [0.1, 0.15) is 12.0 Å². The van der Waals surface area contributed by atoms with Gasteiger partial charge in [-0.1, -0.05) is 0 Å². The molecular formula is C15H24F3N3O2. The fraction of sp³-hybridized carbons (Fsp3) is 0.867. The summed E-state index contributed by atoms with van der Waals surface area (Å²) in [5.41, 5.74) is 0. The highest BCUT2D eigenvalue weighted by Crippen LogP contribution is 2.30. The van der Waals surface area contributed by atoms with Crippen LogP contribution in [0.15, 0.2) is 0 Å². The fourth-order valence-electron chi connectivity index (χ4n) is 3.30. The number of carbonyl (C=O) groups is 2. The number of hydrogen-bond donors (Lipinski definition) is 2. The van der Waals surface area contributed by atoms with Crippen molar-refractivity contribution in [3.05, 3.63) is 0 Å². The second-order valence-corrected chi connectivity index (χ2v) is 6.39. The Morgan fingerprint density at radius 1 is 1.26 bits per heavy atom. The minimum absolute atomic E-state index is 0.0332. The van der Waals surface area contributed by atoms with Gasteiger partial charge < -0.3 is 15.5 Å². The maximum absolute atomic E-state index is 12.6. The van der Waals surface area contributed by atoms with Crippen molar-refractivity contribution in [3.63, 3.8) is 0 Å². The van der Waals surface area contributed by atoms with Crippen molar-refractivity contribution in [1.82, 2.24) is 15.5 Å². The normalized spacial score (nSPS) is 27.0. The van der Waals surface area contributed by atoms with Crippen LogP contribution in [0.5, 0.6) is 0 Å². The Bertz CT molecular complexity index is 434. The summed E-state index contributed by atoms with van der Waals surface area (Å²) < 4.78 is 37.9. The van der Waals surface area contributed by atoms with Gasteiger partial charge in [-0.2, -0.15) is 13.2 Å².